The maximum absolute atomic E-state index is 11.1. The molecule has 0 bridgehead atoms. The van der Waals surface area contributed by atoms with Gasteiger partial charge in [-0.3, -0.25) is 14.4 Å². The minimum absolute atomic E-state index is 0.0341. The van der Waals surface area contributed by atoms with Crippen molar-refractivity contribution in [3.05, 3.63) is 41.8 Å². The number of aliphatic hydroxyl groups excluding tert-OH is 6. The van der Waals surface area contributed by atoms with Gasteiger partial charge in [0.05, 0.1) is 98.7 Å². The molecule has 33 nitrogen and oxygen atoms in total. The van der Waals surface area contributed by atoms with Crippen molar-refractivity contribution in [2.75, 3.05) is 57.5 Å². The van der Waals surface area contributed by atoms with Gasteiger partial charge < -0.3 is 73.3 Å². The monoisotopic (exact) mass is 1470 g/mol. The third-order valence-electron chi connectivity index (χ3n) is 16.7. The first-order chi connectivity index (χ1) is 45.2. The second-order valence-corrected chi connectivity index (χ2v) is 24.6. The molecule has 35 heteroatoms. The van der Waals surface area contributed by atoms with Crippen molar-refractivity contribution in [3.63, 3.8) is 0 Å². The van der Waals surface area contributed by atoms with E-state index in [2.05, 4.69) is 74.7 Å². The summed E-state index contributed by atoms with van der Waals surface area (Å²) in [5, 5.41) is 63.8. The van der Waals surface area contributed by atoms with E-state index in [9.17, 15) is 29.2 Å². The van der Waals surface area contributed by atoms with Gasteiger partial charge >= 0.3 is 26.2 Å². The zero-order chi connectivity index (χ0) is 72.3. The predicted molar refractivity (Wildman–Crippen MR) is 349 cm³/mol. The molecule has 7 N–H and O–H groups in total. The van der Waals surface area contributed by atoms with E-state index in [4.69, 9.17) is 92.3 Å². The van der Waals surface area contributed by atoms with Crippen LogP contribution in [0.4, 0.5) is 0 Å². The second-order valence-electron chi connectivity index (χ2n) is 22.8. The van der Waals surface area contributed by atoms with Gasteiger partial charge in [0.25, 0.3) is 0 Å². The molecule has 0 aromatic heterocycles. The third-order valence-corrected chi connectivity index (χ3v) is 17.7. The Hall–Kier alpha value is -4.08. The number of alkyl halides is 1. The number of azide groups is 4. The molecule has 6 fully saturated rings. The predicted octanol–water partition coefficient (Wildman–Crippen LogP) is 8.74. The van der Waals surface area contributed by atoms with Gasteiger partial charge in [0.2, 0.25) is 1.43 Å². The molecule has 6 aliphatic rings. The van der Waals surface area contributed by atoms with Crippen molar-refractivity contribution in [2.24, 2.45) is 56.0 Å². The molecule has 0 aromatic rings. The van der Waals surface area contributed by atoms with Crippen molar-refractivity contribution < 1.29 is 103 Å². The van der Waals surface area contributed by atoms with Crippen LogP contribution in [0.25, 0.3) is 41.8 Å². The maximum atomic E-state index is 11.1. The summed E-state index contributed by atoms with van der Waals surface area (Å²) in [5.41, 5.74) is 32.7. The molecule has 0 aliphatic carbocycles. The fraction of sp³-hybridized carbons (Fsp3) is 0.948. The lowest BCUT2D eigenvalue weighted by Crippen LogP contribution is -2.31. The zero-order valence-corrected chi connectivity index (χ0v) is 59.1. The van der Waals surface area contributed by atoms with Crippen LogP contribution in [0.15, 0.2) is 20.5 Å². The molecule has 0 saturated carbocycles. The van der Waals surface area contributed by atoms with Crippen molar-refractivity contribution >= 4 is 48.8 Å². The Bertz CT molecular complexity index is 2230. The summed E-state index contributed by atoms with van der Waals surface area (Å²) in [5.74, 6) is -0.647. The molecule has 6 heterocycles. The fourth-order valence-corrected chi connectivity index (χ4v) is 13.7. The number of carbonyl (C=O) groups excluding carboxylic acids is 3. The standard InChI is InChI=1S/C11H19IO3.C11H19N3O3.C11H20O4.C8H14N3O5P.C8H15N3O3.C8H15N3O2.CH4O/c1-4-10-9(5-6-12)11(7(2)14-10)15-8(3)13;1-4-10-9(5-6-13-14-12)11(7(2)16-10)17-8(3)15;1-4-10-9(5-6-12)11(7(2)14-10)15-8(3)13;1-5-8(16-17(13)14)6(2-3-10-11-9)7(4-12)15-5;1-5-8(13)6(2-3-10-11-9)7(4-12)14-5;1-5-7(3-4-10-11-9)8(12)6(2)13-5;1-2/h7,9-11H,4-6H2,1-3H3;7,9-11H,4-6H2,1-3H3;7,9-12H,4-6H2,1-3H3;5-8,12H,2-4H2,1H3;5-8,12-13H,2-4H2,1H3;5-8,12H,3-4H2,1-2H3;2H,1H3/p+1/t3*7-,9?,10+,11+;2*5-,6?,7+,8+;5-,6+,7?,8-;/m000001./s1/i;;;;;1D;2T. The summed E-state index contributed by atoms with van der Waals surface area (Å²) in [4.78, 5) is 52.4. The van der Waals surface area contributed by atoms with Crippen LogP contribution in [0.1, 0.15) is 149 Å². The minimum atomic E-state index is -2.72. The van der Waals surface area contributed by atoms with Gasteiger partial charge in [-0.1, -0.05) is 63.8 Å². The number of hydrogen-bond donors (Lipinski definition) is 7. The molecular formula is C58H107IN12O21P+. The summed E-state index contributed by atoms with van der Waals surface area (Å²) in [7, 11) is -1.43. The summed E-state index contributed by atoms with van der Waals surface area (Å²) < 4.78 is 78.9. The third kappa shape index (κ3) is 31.3. The molecule has 93 heavy (non-hydrogen) atoms. The number of hydrogen-bond acceptors (Lipinski definition) is 24. The van der Waals surface area contributed by atoms with Gasteiger partial charge in [-0.05, 0) is 128 Å². The van der Waals surface area contributed by atoms with Crippen LogP contribution in [0, 0.1) is 35.5 Å². The average Bonchev–Trinajstić information content (AvgIpc) is 1.74. The Morgan fingerprint density at radius 2 is 0.817 bits per heavy atom. The summed E-state index contributed by atoms with van der Waals surface area (Å²) in [6.45, 7) is 22.8. The highest BCUT2D eigenvalue weighted by Gasteiger charge is 2.48. The first-order valence-electron chi connectivity index (χ1n) is 32.7. The normalized spacial score (nSPS) is 34.6. The van der Waals surface area contributed by atoms with Crippen molar-refractivity contribution in [2.45, 2.75) is 258 Å². The summed E-state index contributed by atoms with van der Waals surface area (Å²) in [6.07, 6.45) is 2.87. The van der Waals surface area contributed by atoms with Crippen molar-refractivity contribution in [1.29, 1.82) is 1.43 Å². The number of rotatable bonds is 26. The Morgan fingerprint density at radius 3 is 1.15 bits per heavy atom. The molecule has 0 radical (unpaired) electrons. The van der Waals surface area contributed by atoms with Gasteiger partial charge in [0, 0.05) is 126 Å². The van der Waals surface area contributed by atoms with Crippen molar-refractivity contribution in [3.8, 4) is 0 Å². The number of nitrogens with zero attached hydrogens (tertiary/aromatic N) is 12. The van der Waals surface area contributed by atoms with Gasteiger partial charge in [0.15, 0.2) is 0 Å². The van der Waals surface area contributed by atoms with Crippen LogP contribution < -0.4 is 0 Å². The van der Waals surface area contributed by atoms with Crippen LogP contribution in [0.2, 0.25) is 0 Å². The molecule has 6 rings (SSSR count). The van der Waals surface area contributed by atoms with Crippen molar-refractivity contribution in [1.82, 2.24) is 0 Å². The Kier molecular flexibility index (Phi) is 46.0. The van der Waals surface area contributed by atoms with E-state index in [0.29, 0.717) is 57.7 Å². The molecule has 0 amide bonds. The quantitative estimate of drug-likeness (QED) is 0.00621. The molecule has 0 spiro atoms. The van der Waals surface area contributed by atoms with E-state index in [1.807, 2.05) is 34.6 Å². The molecule has 6 saturated heterocycles. The smallest absolute Gasteiger partial charge is 0.459 e. The Balaban J connectivity index is 0.00000111. The molecule has 7 unspecified atom stereocenters. The van der Waals surface area contributed by atoms with Crippen LogP contribution in [-0.4, -0.2) is 222 Å². The zero-order valence-electron chi connectivity index (χ0n) is 58.1. The number of aliphatic hydroxyl groups is 6. The second kappa shape index (κ2) is 50.3. The highest BCUT2D eigenvalue weighted by molar-refractivity contribution is 14.1. The largest absolute Gasteiger partial charge is 0.695 e. The first-order valence-corrected chi connectivity index (χ1v) is 34.2. The Morgan fingerprint density at radius 1 is 0.516 bits per heavy atom. The molecule has 0 aromatic carbocycles. The fourth-order valence-electron chi connectivity index (χ4n) is 12.4. The molecule has 6 aliphatic heterocycles. The number of esters is 3. The van der Waals surface area contributed by atoms with Gasteiger partial charge in [-0.2, -0.15) is 0 Å². The maximum Gasteiger partial charge on any atom is 0.695 e. The lowest BCUT2D eigenvalue weighted by Gasteiger charge is -2.21. The number of halogens is 1. The highest BCUT2D eigenvalue weighted by Crippen LogP contribution is 2.39. The average molecular weight is 1470 g/mol. The van der Waals surface area contributed by atoms with E-state index in [-0.39, 0.29) is 166 Å². The van der Waals surface area contributed by atoms with E-state index in [1.54, 1.807) is 20.8 Å². The first kappa shape index (κ1) is 85.0. The van der Waals surface area contributed by atoms with Crippen LogP contribution >= 0.6 is 30.8 Å². The topological polar surface area (TPSA) is 497 Å². The van der Waals surface area contributed by atoms with Crippen LogP contribution in [-0.2, 0) is 66.1 Å². The van der Waals surface area contributed by atoms with E-state index < -0.39 is 32.7 Å². The summed E-state index contributed by atoms with van der Waals surface area (Å²) in [6, 6.07) is 0. The van der Waals surface area contributed by atoms with Gasteiger partial charge in [0.1, 0.15) is 24.4 Å². The van der Waals surface area contributed by atoms with Gasteiger partial charge in [-0.25, -0.2) is 0 Å². The minimum Gasteiger partial charge on any atom is -0.459 e. The van der Waals surface area contributed by atoms with Crippen LogP contribution in [0.5, 0.6) is 0 Å². The van der Waals surface area contributed by atoms with E-state index in [1.165, 1.54) is 27.9 Å². The van der Waals surface area contributed by atoms with Gasteiger partial charge in [-0.15, -0.1) is 9.42 Å². The Labute approximate surface area is 563 Å². The SMILES string of the molecule is CC[C@H]1O[C@@H](C)[C@@H](OC(C)=O)C1CCI.CC[C@H]1O[C@@H](C)[C@@H](OC(C)=O)C1CCN=[N+]=[N-].CC[C@H]1O[C@@H](C)[C@@H](OC(C)=O)C1CCO.C[C@@H]1O[C@H](CO)C(CCN=[N+]=[N-])[C@@H]1O.C[C@@H]1O[C@H](CO)C(CCN=[N+]=[N-])[C@@H]1O[P+](=O)O.[2H]C[C@H]1O[C@@H](C)[C@@H](O)C1CCN=[N+]=[N-].[3H]OC. The summed E-state index contributed by atoms with van der Waals surface area (Å²) >= 11 is 2.36. The molecule has 25 atom stereocenters. The molecule has 536 valence electrons. The number of carbonyl (C=O) groups is 3. The van der Waals surface area contributed by atoms with E-state index in [0.717, 1.165) is 30.1 Å². The van der Waals surface area contributed by atoms with E-state index >= 15 is 0 Å². The number of ether oxygens (including phenoxy) is 9. The molecular weight excluding hydrogens is 1360 g/mol. The highest BCUT2D eigenvalue weighted by atomic mass is 127. The lowest BCUT2D eigenvalue weighted by molar-refractivity contribution is -0.151. The van der Waals surface area contributed by atoms with Crippen LogP contribution in [0.3, 0.4) is 0 Å². The lowest BCUT2D eigenvalue weighted by atomic mass is 9.91.